The Hall–Kier alpha value is -3.28. The van der Waals surface area contributed by atoms with E-state index in [9.17, 15) is 24.2 Å². The summed E-state index contributed by atoms with van der Waals surface area (Å²) < 4.78 is 63.6. The molecule has 50 heavy (non-hydrogen) atoms. The van der Waals surface area contributed by atoms with Gasteiger partial charge in [0, 0.05) is 30.5 Å². The summed E-state index contributed by atoms with van der Waals surface area (Å²) in [6, 6.07) is 3.46. The molecule has 1 saturated carbocycles. The SMILES string of the molecule is CC(C)C(=O)Nc1nc2c(ncn2[C@@H]2O[C@H](CO)[C@@H](F)[C@H]2OP(=S)(OCCC#N)OC[C@H]2C[C@@H](Oc3ccncn3)C[C@@H]2O[PH](=O)O)c(=O)[nH]1. The van der Waals surface area contributed by atoms with Gasteiger partial charge >= 0.3 is 15.0 Å². The number of aliphatic hydroxyl groups is 1. The second kappa shape index (κ2) is 16.8. The van der Waals surface area contributed by atoms with Crippen molar-refractivity contribution in [3.8, 4) is 11.9 Å². The van der Waals surface area contributed by atoms with Crippen molar-refractivity contribution >= 4 is 49.8 Å². The van der Waals surface area contributed by atoms with Crippen LogP contribution in [-0.2, 0) is 44.0 Å². The maximum absolute atomic E-state index is 16.0. The van der Waals surface area contributed by atoms with Crippen LogP contribution in [0.1, 0.15) is 39.3 Å². The van der Waals surface area contributed by atoms with Crippen molar-refractivity contribution in [2.45, 2.75) is 69.9 Å². The molecule has 19 nitrogen and oxygen atoms in total. The van der Waals surface area contributed by atoms with Crippen LogP contribution in [0.2, 0.25) is 0 Å². The minimum absolute atomic E-state index is 0.100. The highest BCUT2D eigenvalue weighted by molar-refractivity contribution is 8.07. The third kappa shape index (κ3) is 9.14. The van der Waals surface area contributed by atoms with E-state index in [4.69, 9.17) is 44.6 Å². The van der Waals surface area contributed by atoms with Crippen LogP contribution in [0, 0.1) is 23.2 Å². The first-order chi connectivity index (χ1) is 23.9. The van der Waals surface area contributed by atoms with Crippen molar-refractivity contribution < 1.29 is 51.3 Å². The maximum atomic E-state index is 16.0. The van der Waals surface area contributed by atoms with E-state index in [2.05, 4.69) is 30.2 Å². The van der Waals surface area contributed by atoms with Crippen LogP contribution in [0.5, 0.6) is 5.88 Å². The number of aromatic nitrogens is 6. The average Bonchev–Trinajstić information content (AvgIpc) is 3.75. The zero-order chi connectivity index (χ0) is 36.0. The molecule has 0 spiro atoms. The first-order valence-electron chi connectivity index (χ1n) is 15.4. The number of halogens is 1. The minimum Gasteiger partial charge on any atom is -0.474 e. The normalized spacial score (nSPS) is 26.9. The monoisotopic (exact) mass is 760 g/mol. The lowest BCUT2D eigenvalue weighted by Gasteiger charge is -2.29. The zero-order valence-electron chi connectivity index (χ0n) is 26.7. The molecule has 1 saturated heterocycles. The molecule has 0 aromatic carbocycles. The Morgan fingerprint density at radius 3 is 2.84 bits per heavy atom. The predicted octanol–water partition coefficient (Wildman–Crippen LogP) is 1.91. The molecule has 0 bridgehead atoms. The van der Waals surface area contributed by atoms with Crippen LogP contribution in [0.25, 0.3) is 11.2 Å². The van der Waals surface area contributed by atoms with Gasteiger partial charge in [-0.05, 0) is 18.2 Å². The van der Waals surface area contributed by atoms with E-state index in [0.29, 0.717) is 0 Å². The van der Waals surface area contributed by atoms with Crippen molar-refractivity contribution in [1.29, 1.82) is 5.26 Å². The van der Waals surface area contributed by atoms with E-state index in [1.807, 2.05) is 6.07 Å². The Morgan fingerprint density at radius 2 is 2.16 bits per heavy atom. The van der Waals surface area contributed by atoms with E-state index in [1.54, 1.807) is 19.9 Å². The van der Waals surface area contributed by atoms with Gasteiger partial charge < -0.3 is 33.0 Å². The number of anilines is 1. The first kappa shape index (κ1) is 38.0. The van der Waals surface area contributed by atoms with E-state index in [-0.39, 0.29) is 55.5 Å². The summed E-state index contributed by atoms with van der Waals surface area (Å²) in [4.78, 5) is 53.3. The number of H-pyrrole nitrogens is 1. The Kier molecular flexibility index (Phi) is 12.8. The standard InChI is InChI=1S/C27H35FN8O11P2S/c1-14(2)24(38)34-27-33-23-21(25(39)35-27)32-13-36(23)26-22(20(28)18(10-37)45-26)47-49(50,42-7-3-5-29)43-11-15-8-16(9-17(15)46-48(40)41)44-19-4-6-30-12-31-19/h4,6,12-18,20,22,26,37,48H,3,7-11H2,1-2H3,(H,40,41)(H2,33,34,35,38,39)/t15-,16-,17+,18-,20-,22-,26-,49?/m1/s1. The number of nitrogens with one attached hydrogen (secondary N) is 2. The van der Waals surface area contributed by atoms with Gasteiger partial charge in [0.2, 0.25) is 17.7 Å². The number of rotatable bonds is 16. The fourth-order valence-corrected chi connectivity index (χ4v) is 8.01. The lowest BCUT2D eigenvalue weighted by molar-refractivity contribution is -0.118. The summed E-state index contributed by atoms with van der Waals surface area (Å²) in [6.07, 6.45) is -3.43. The van der Waals surface area contributed by atoms with Crippen molar-refractivity contribution in [2.75, 3.05) is 25.1 Å². The van der Waals surface area contributed by atoms with Crippen molar-refractivity contribution in [1.82, 2.24) is 29.5 Å². The number of nitriles is 1. The summed E-state index contributed by atoms with van der Waals surface area (Å²) in [5.74, 6) is -1.34. The van der Waals surface area contributed by atoms with Crippen molar-refractivity contribution in [3.63, 3.8) is 0 Å². The van der Waals surface area contributed by atoms with Crippen LogP contribution in [0.3, 0.4) is 0 Å². The number of carbonyl (C=O) groups excluding carboxylic acids is 1. The van der Waals surface area contributed by atoms with E-state index in [1.165, 1.54) is 17.1 Å². The summed E-state index contributed by atoms with van der Waals surface area (Å²) >= 11 is 5.68. The van der Waals surface area contributed by atoms with Gasteiger partial charge in [0.25, 0.3) is 5.56 Å². The molecule has 1 amide bonds. The van der Waals surface area contributed by atoms with E-state index < -0.39 is 81.7 Å². The number of amides is 1. The largest absolute Gasteiger partial charge is 0.474 e. The second-order valence-corrected chi connectivity index (χ2v) is 15.3. The second-order valence-electron chi connectivity index (χ2n) is 11.6. The van der Waals surface area contributed by atoms with Crippen molar-refractivity contribution in [3.05, 3.63) is 35.3 Å². The molecule has 3 aromatic heterocycles. The van der Waals surface area contributed by atoms with Gasteiger partial charge in [-0.1, -0.05) is 13.8 Å². The first-order valence-corrected chi connectivity index (χ1v) is 19.2. The van der Waals surface area contributed by atoms with Gasteiger partial charge in [-0.2, -0.15) is 10.2 Å². The fraction of sp³-hybridized carbons (Fsp3) is 0.593. The Balaban J connectivity index is 1.40. The highest BCUT2D eigenvalue weighted by Crippen LogP contribution is 2.55. The molecule has 1 aliphatic carbocycles. The molecule has 4 heterocycles. The smallest absolute Gasteiger partial charge is 0.327 e. The van der Waals surface area contributed by atoms with Gasteiger partial charge in [-0.25, -0.2) is 19.3 Å². The number of alkyl halides is 1. The maximum Gasteiger partial charge on any atom is 0.327 e. The van der Waals surface area contributed by atoms with Gasteiger partial charge in [0.1, 0.15) is 24.6 Å². The van der Waals surface area contributed by atoms with E-state index in [0.717, 1.165) is 6.33 Å². The predicted molar refractivity (Wildman–Crippen MR) is 174 cm³/mol. The Bertz CT molecular complexity index is 1820. The molecule has 2 fully saturated rings. The van der Waals surface area contributed by atoms with Crippen LogP contribution < -0.4 is 15.6 Å². The molecule has 0 radical (unpaired) electrons. The number of hydrogen-bond donors (Lipinski definition) is 4. The van der Waals surface area contributed by atoms with Crippen molar-refractivity contribution in [2.24, 2.45) is 11.8 Å². The highest BCUT2D eigenvalue weighted by atomic mass is 32.5. The topological polar surface area (TPSA) is 255 Å². The third-order valence-corrected chi connectivity index (χ3v) is 10.6. The molecule has 5 rings (SSSR count). The average molecular weight is 761 g/mol. The van der Waals surface area contributed by atoms with E-state index >= 15 is 4.39 Å². The number of aromatic amines is 1. The summed E-state index contributed by atoms with van der Waals surface area (Å²) in [5, 5.41) is 21.5. The number of fused-ring (bicyclic) bond motifs is 1. The molecule has 2 aliphatic rings. The molecule has 23 heteroatoms. The minimum atomic E-state index is -3.97. The van der Waals surface area contributed by atoms with Gasteiger partial charge in [0.15, 0.2) is 23.6 Å². The van der Waals surface area contributed by atoms with Gasteiger partial charge in [0.05, 0.1) is 44.7 Å². The number of imidazole rings is 1. The summed E-state index contributed by atoms with van der Waals surface area (Å²) in [6.45, 7) is -1.93. The number of hydrogen-bond acceptors (Lipinski definition) is 16. The Labute approximate surface area is 289 Å². The Morgan fingerprint density at radius 1 is 1.36 bits per heavy atom. The highest BCUT2D eigenvalue weighted by Gasteiger charge is 2.50. The van der Waals surface area contributed by atoms with Crippen LogP contribution in [-0.4, -0.2) is 95.8 Å². The number of nitrogens with zero attached hydrogens (tertiary/aromatic N) is 6. The number of ether oxygens (including phenoxy) is 2. The zero-order valence-corrected chi connectivity index (χ0v) is 29.4. The van der Waals surface area contributed by atoms with Crippen LogP contribution >= 0.6 is 15.0 Å². The lowest BCUT2D eigenvalue weighted by atomic mass is 10.1. The van der Waals surface area contributed by atoms with Gasteiger partial charge in [-0.15, -0.1) is 0 Å². The molecular formula is C27H35FN8O11P2S. The molecule has 272 valence electrons. The number of aliphatic hydroxyl groups excluding tert-OH is 1. The number of carbonyl (C=O) groups is 1. The lowest BCUT2D eigenvalue weighted by Crippen LogP contribution is -2.32. The summed E-state index contributed by atoms with van der Waals surface area (Å²) in [7, 11) is -3.37. The molecule has 4 N–H and O–H groups in total. The van der Waals surface area contributed by atoms with Crippen LogP contribution in [0.15, 0.2) is 29.7 Å². The van der Waals surface area contributed by atoms with Gasteiger partial charge in [-0.3, -0.25) is 33.5 Å². The third-order valence-electron chi connectivity index (χ3n) is 7.76. The fourth-order valence-electron chi connectivity index (χ4n) is 5.35. The molecule has 3 aromatic rings. The molecule has 9 atom stereocenters. The summed E-state index contributed by atoms with van der Waals surface area (Å²) in [5.41, 5.74) is -0.961. The quantitative estimate of drug-likeness (QED) is 0.120. The molecular weight excluding hydrogens is 725 g/mol. The molecule has 1 aliphatic heterocycles. The van der Waals surface area contributed by atoms with Crippen LogP contribution in [0.4, 0.5) is 10.3 Å². The molecule has 2 unspecified atom stereocenters.